The molecule has 5 heteroatoms. The van der Waals surface area contributed by atoms with E-state index >= 15 is 0 Å². The van der Waals surface area contributed by atoms with Crippen molar-refractivity contribution in [1.29, 1.82) is 0 Å². The second-order valence-corrected chi connectivity index (χ2v) is 7.21. The van der Waals surface area contributed by atoms with Crippen LogP contribution in [0.2, 0.25) is 0 Å². The van der Waals surface area contributed by atoms with Crippen LogP contribution in [0, 0.1) is 5.92 Å². The van der Waals surface area contributed by atoms with Gasteiger partial charge in [0.25, 0.3) is 0 Å². The van der Waals surface area contributed by atoms with Crippen LogP contribution in [-0.2, 0) is 16.1 Å². The van der Waals surface area contributed by atoms with Gasteiger partial charge in [-0.3, -0.25) is 4.79 Å². The molecule has 1 saturated heterocycles. The first kappa shape index (κ1) is 18.2. The van der Waals surface area contributed by atoms with Crippen molar-refractivity contribution in [3.63, 3.8) is 0 Å². The number of aliphatic hydroxyl groups excluding tert-OH is 1. The maximum Gasteiger partial charge on any atom is 0.226 e. The molecule has 1 amide bonds. The van der Waals surface area contributed by atoms with Crippen LogP contribution in [0.15, 0.2) is 24.3 Å². The predicted octanol–water partition coefficient (Wildman–Crippen LogP) is 2.75. The molecule has 1 saturated carbocycles. The first-order valence-corrected chi connectivity index (χ1v) is 9.37. The second kappa shape index (κ2) is 8.68. The highest BCUT2D eigenvalue weighted by Crippen LogP contribution is 2.27. The maximum absolute atomic E-state index is 13.1. The summed E-state index contributed by atoms with van der Waals surface area (Å²) < 4.78 is 11.1. The third-order valence-electron chi connectivity index (χ3n) is 5.31. The van der Waals surface area contributed by atoms with Gasteiger partial charge in [-0.25, -0.2) is 0 Å². The van der Waals surface area contributed by atoms with Crippen molar-refractivity contribution in [2.75, 3.05) is 20.3 Å². The van der Waals surface area contributed by atoms with Crippen LogP contribution in [0.5, 0.6) is 5.75 Å². The zero-order valence-electron chi connectivity index (χ0n) is 15.0. The summed E-state index contributed by atoms with van der Waals surface area (Å²) in [4.78, 5) is 15.1. The van der Waals surface area contributed by atoms with E-state index in [9.17, 15) is 9.90 Å². The molecule has 1 unspecified atom stereocenters. The van der Waals surface area contributed by atoms with Gasteiger partial charge in [0.05, 0.1) is 19.3 Å². The Morgan fingerprint density at radius 2 is 2.08 bits per heavy atom. The Morgan fingerprint density at radius 1 is 1.28 bits per heavy atom. The van der Waals surface area contributed by atoms with Crippen molar-refractivity contribution in [2.24, 2.45) is 5.92 Å². The molecule has 2 aliphatic rings. The van der Waals surface area contributed by atoms with Crippen LogP contribution < -0.4 is 4.74 Å². The number of benzene rings is 1. The van der Waals surface area contributed by atoms with Gasteiger partial charge in [0.1, 0.15) is 5.75 Å². The van der Waals surface area contributed by atoms with Crippen LogP contribution >= 0.6 is 0 Å². The molecule has 0 spiro atoms. The van der Waals surface area contributed by atoms with Crippen LogP contribution in [0.4, 0.5) is 0 Å². The Hall–Kier alpha value is -1.59. The molecule has 1 N–H and O–H groups in total. The van der Waals surface area contributed by atoms with Gasteiger partial charge in [0.2, 0.25) is 5.91 Å². The van der Waals surface area contributed by atoms with Crippen LogP contribution in [0.1, 0.15) is 44.1 Å². The molecule has 138 valence electrons. The van der Waals surface area contributed by atoms with Gasteiger partial charge in [-0.1, -0.05) is 12.1 Å². The Morgan fingerprint density at radius 3 is 2.76 bits per heavy atom. The minimum atomic E-state index is -0.242. The highest BCUT2D eigenvalue weighted by molar-refractivity contribution is 5.79. The van der Waals surface area contributed by atoms with E-state index in [0.717, 1.165) is 56.4 Å². The van der Waals surface area contributed by atoms with Crippen LogP contribution in [0.3, 0.4) is 0 Å². The minimum Gasteiger partial charge on any atom is -0.497 e. The fourth-order valence-electron chi connectivity index (χ4n) is 3.84. The first-order valence-electron chi connectivity index (χ1n) is 9.37. The molecule has 0 radical (unpaired) electrons. The first-order chi connectivity index (χ1) is 12.2. The summed E-state index contributed by atoms with van der Waals surface area (Å²) in [6.07, 6.45) is 5.00. The molecule has 1 aromatic carbocycles. The van der Waals surface area contributed by atoms with Crippen molar-refractivity contribution in [2.45, 2.75) is 57.3 Å². The van der Waals surface area contributed by atoms with Gasteiger partial charge in [-0.2, -0.15) is 0 Å². The lowest BCUT2D eigenvalue weighted by molar-refractivity contribution is -0.139. The highest BCUT2D eigenvalue weighted by atomic mass is 16.5. The normalized spacial score (nSPS) is 26.4. The van der Waals surface area contributed by atoms with E-state index in [1.807, 2.05) is 29.2 Å². The summed E-state index contributed by atoms with van der Waals surface area (Å²) in [5.41, 5.74) is 1.07. The molecule has 1 aliphatic carbocycles. The van der Waals surface area contributed by atoms with E-state index in [1.54, 1.807) is 7.11 Å². The van der Waals surface area contributed by atoms with Crippen molar-refractivity contribution in [3.05, 3.63) is 29.8 Å². The molecule has 1 atom stereocenters. The molecule has 25 heavy (non-hydrogen) atoms. The lowest BCUT2D eigenvalue weighted by Crippen LogP contribution is -2.41. The van der Waals surface area contributed by atoms with Crippen molar-refractivity contribution >= 4 is 5.91 Å². The monoisotopic (exact) mass is 347 g/mol. The summed E-state index contributed by atoms with van der Waals surface area (Å²) in [5, 5.41) is 9.71. The number of carbonyl (C=O) groups is 1. The fourth-order valence-corrected chi connectivity index (χ4v) is 3.84. The molecule has 0 aromatic heterocycles. The van der Waals surface area contributed by atoms with E-state index in [4.69, 9.17) is 9.47 Å². The van der Waals surface area contributed by atoms with Gasteiger partial charge in [-0.05, 0) is 56.2 Å². The average Bonchev–Trinajstić information content (AvgIpc) is 3.14. The summed E-state index contributed by atoms with van der Waals surface area (Å²) in [6.45, 7) is 2.02. The predicted molar refractivity (Wildman–Crippen MR) is 95.3 cm³/mol. The lowest BCUT2D eigenvalue weighted by Gasteiger charge is -2.32. The van der Waals surface area contributed by atoms with Gasteiger partial charge in [0.15, 0.2) is 0 Å². The number of hydrogen-bond donors (Lipinski definition) is 1. The average molecular weight is 347 g/mol. The molecular formula is C20H29NO4. The highest BCUT2D eigenvalue weighted by Gasteiger charge is 2.31. The van der Waals surface area contributed by atoms with Crippen molar-refractivity contribution in [3.8, 4) is 5.75 Å². The summed E-state index contributed by atoms with van der Waals surface area (Å²) >= 11 is 0. The summed E-state index contributed by atoms with van der Waals surface area (Å²) in [7, 11) is 1.65. The fraction of sp³-hybridized carbons (Fsp3) is 0.650. The van der Waals surface area contributed by atoms with E-state index in [2.05, 4.69) is 0 Å². The van der Waals surface area contributed by atoms with Gasteiger partial charge in [-0.15, -0.1) is 0 Å². The van der Waals surface area contributed by atoms with E-state index in [0.29, 0.717) is 13.1 Å². The second-order valence-electron chi connectivity index (χ2n) is 7.21. The Labute approximate surface area is 149 Å². The SMILES string of the molecule is COc1cccc(CN(CC2CCCO2)C(=O)C2CCC(O)CC2)c1. The third-order valence-corrected chi connectivity index (χ3v) is 5.31. The molecular weight excluding hydrogens is 318 g/mol. The Bertz CT molecular complexity index is 563. The topological polar surface area (TPSA) is 59.0 Å². The standard InChI is InChI=1S/C20H29NO4/c1-24-18-5-2-4-15(12-18)13-21(14-19-6-3-11-25-19)20(23)16-7-9-17(22)10-8-16/h2,4-5,12,16-17,19,22H,3,6-11,13-14H2,1H3. The number of nitrogens with zero attached hydrogens (tertiary/aromatic N) is 1. The van der Waals surface area contributed by atoms with Crippen molar-refractivity contribution < 1.29 is 19.4 Å². The van der Waals surface area contributed by atoms with E-state index < -0.39 is 0 Å². The van der Waals surface area contributed by atoms with Gasteiger partial charge < -0.3 is 19.5 Å². The Balaban J connectivity index is 1.70. The lowest BCUT2D eigenvalue weighted by atomic mass is 9.86. The number of ether oxygens (including phenoxy) is 2. The molecule has 0 bridgehead atoms. The van der Waals surface area contributed by atoms with Gasteiger partial charge >= 0.3 is 0 Å². The van der Waals surface area contributed by atoms with Crippen LogP contribution in [-0.4, -0.2) is 48.4 Å². The summed E-state index contributed by atoms with van der Waals surface area (Å²) in [6, 6.07) is 7.89. The van der Waals surface area contributed by atoms with E-state index in [1.165, 1.54) is 0 Å². The zero-order valence-corrected chi connectivity index (χ0v) is 15.0. The number of carbonyl (C=O) groups excluding carboxylic acids is 1. The quantitative estimate of drug-likeness (QED) is 0.860. The number of hydrogen-bond acceptors (Lipinski definition) is 4. The number of amides is 1. The third kappa shape index (κ3) is 4.95. The molecule has 1 aliphatic heterocycles. The molecule has 1 aromatic rings. The molecule has 2 fully saturated rings. The van der Waals surface area contributed by atoms with Gasteiger partial charge in [0, 0.05) is 25.6 Å². The Kier molecular flexibility index (Phi) is 6.32. The van der Waals surface area contributed by atoms with Crippen molar-refractivity contribution in [1.82, 2.24) is 4.90 Å². The minimum absolute atomic E-state index is 0.0235. The van der Waals surface area contributed by atoms with Crippen LogP contribution in [0.25, 0.3) is 0 Å². The summed E-state index contributed by atoms with van der Waals surface area (Å²) in [5.74, 6) is 1.03. The number of rotatable bonds is 6. The largest absolute Gasteiger partial charge is 0.497 e. The molecule has 5 nitrogen and oxygen atoms in total. The molecule has 3 rings (SSSR count). The molecule has 1 heterocycles. The maximum atomic E-state index is 13.1. The van der Waals surface area contributed by atoms with E-state index in [-0.39, 0.29) is 24.0 Å². The number of aliphatic hydroxyl groups is 1. The smallest absolute Gasteiger partial charge is 0.226 e. The zero-order chi connectivity index (χ0) is 17.6. The number of methoxy groups -OCH3 is 1.